The molecule has 1 aliphatic rings. The number of methoxy groups -OCH3 is 2. The number of urea groups is 1. The molecule has 1 heterocycles. The van der Waals surface area contributed by atoms with Crippen LogP contribution in [0.1, 0.15) is 31.2 Å². The fourth-order valence-electron chi connectivity index (χ4n) is 2.97. The van der Waals surface area contributed by atoms with Crippen molar-refractivity contribution in [3.63, 3.8) is 0 Å². The topological polar surface area (TPSA) is 88.1 Å². The molecule has 1 saturated heterocycles. The van der Waals surface area contributed by atoms with Crippen molar-refractivity contribution in [1.82, 2.24) is 10.2 Å². The van der Waals surface area contributed by atoms with E-state index in [2.05, 4.69) is 5.32 Å². The molecule has 2 amide bonds. The number of amides is 2. The van der Waals surface area contributed by atoms with Crippen molar-refractivity contribution in [2.45, 2.75) is 31.4 Å². The minimum Gasteiger partial charge on any atom is -0.497 e. The van der Waals surface area contributed by atoms with Crippen LogP contribution in [-0.2, 0) is 10.5 Å². The summed E-state index contributed by atoms with van der Waals surface area (Å²) in [5.41, 5.74) is -1.07. The highest BCUT2D eigenvalue weighted by Crippen LogP contribution is 2.40. The van der Waals surface area contributed by atoms with Gasteiger partial charge in [-0.3, -0.25) is 4.79 Å². The van der Waals surface area contributed by atoms with Crippen LogP contribution in [0, 0.1) is 0 Å². The van der Waals surface area contributed by atoms with E-state index in [0.717, 1.165) is 0 Å². The van der Waals surface area contributed by atoms with Gasteiger partial charge in [0.2, 0.25) is 0 Å². The molecule has 0 aliphatic carbocycles. The molecule has 0 radical (unpaired) electrons. The van der Waals surface area contributed by atoms with Crippen molar-refractivity contribution < 1.29 is 28.6 Å². The number of benzene rings is 1. The highest BCUT2D eigenvalue weighted by molar-refractivity contribution is 5.74. The molecule has 1 fully saturated rings. The van der Waals surface area contributed by atoms with Gasteiger partial charge in [-0.25, -0.2) is 9.18 Å². The van der Waals surface area contributed by atoms with Crippen molar-refractivity contribution in [2.24, 2.45) is 0 Å². The third kappa shape index (κ3) is 5.00. The smallest absolute Gasteiger partial charge is 0.317 e. The fourth-order valence-corrected chi connectivity index (χ4v) is 2.97. The number of nitrogens with one attached hydrogen (secondary N) is 1. The van der Waals surface area contributed by atoms with E-state index in [1.807, 2.05) is 0 Å². The lowest BCUT2D eigenvalue weighted by Crippen LogP contribution is -2.47. The first-order chi connectivity index (χ1) is 12.4. The number of hydrogen-bond acceptors (Lipinski definition) is 4. The lowest BCUT2D eigenvalue weighted by molar-refractivity contribution is -0.137. The summed E-state index contributed by atoms with van der Waals surface area (Å²) in [6, 6.07) is 4.71. The highest BCUT2D eigenvalue weighted by atomic mass is 19.1. The number of rotatable bonds is 7. The number of nitrogens with zero attached hydrogens (tertiary/aromatic N) is 1. The zero-order valence-corrected chi connectivity index (χ0v) is 15.1. The average Bonchev–Trinajstić information content (AvgIpc) is 2.65. The Morgan fingerprint density at radius 1 is 1.19 bits per heavy atom. The fraction of sp³-hybridized carbons (Fsp3) is 0.556. The number of hydrogen-bond donors (Lipinski definition) is 2. The van der Waals surface area contributed by atoms with Crippen LogP contribution in [-0.4, -0.2) is 55.9 Å². The van der Waals surface area contributed by atoms with E-state index in [1.54, 1.807) is 23.1 Å². The van der Waals surface area contributed by atoms with Crippen molar-refractivity contribution in [2.75, 3.05) is 33.9 Å². The first kappa shape index (κ1) is 19.8. The van der Waals surface area contributed by atoms with E-state index in [-0.39, 0.29) is 44.9 Å². The predicted octanol–water partition coefficient (Wildman–Crippen LogP) is 2.54. The number of piperidine rings is 1. The molecular weight excluding hydrogens is 343 g/mol. The van der Waals surface area contributed by atoms with Gasteiger partial charge in [-0.05, 0) is 24.1 Å². The molecule has 26 heavy (non-hydrogen) atoms. The van der Waals surface area contributed by atoms with Gasteiger partial charge in [-0.1, -0.05) is 0 Å². The van der Waals surface area contributed by atoms with Crippen molar-refractivity contribution in [1.29, 1.82) is 0 Å². The number of aliphatic carboxylic acids is 1. The van der Waals surface area contributed by atoms with Crippen LogP contribution in [0.4, 0.5) is 9.18 Å². The Balaban J connectivity index is 1.94. The largest absolute Gasteiger partial charge is 0.497 e. The number of carboxylic acids is 1. The van der Waals surface area contributed by atoms with Gasteiger partial charge in [-0.2, -0.15) is 0 Å². The summed E-state index contributed by atoms with van der Waals surface area (Å²) in [5, 5.41) is 11.3. The summed E-state index contributed by atoms with van der Waals surface area (Å²) in [5.74, 6) is 0.151. The predicted molar refractivity (Wildman–Crippen MR) is 93.4 cm³/mol. The Labute approximate surface area is 152 Å². The van der Waals surface area contributed by atoms with Crippen molar-refractivity contribution in [3.05, 3.63) is 23.8 Å². The molecule has 0 aromatic heterocycles. The molecule has 1 aromatic rings. The van der Waals surface area contributed by atoms with Gasteiger partial charge in [0.15, 0.2) is 0 Å². The zero-order valence-electron chi connectivity index (χ0n) is 15.1. The molecule has 144 valence electrons. The first-order valence-electron chi connectivity index (χ1n) is 8.55. The second kappa shape index (κ2) is 8.73. The molecular formula is C18H25FN2O5. The quantitative estimate of drug-likeness (QED) is 0.722. The molecule has 8 heteroatoms. The summed E-state index contributed by atoms with van der Waals surface area (Å²) in [6.45, 7) is 0.844. The van der Waals surface area contributed by atoms with Crippen LogP contribution in [0.25, 0.3) is 0 Å². The highest BCUT2D eigenvalue weighted by Gasteiger charge is 2.38. The number of carbonyl (C=O) groups is 2. The Kier molecular flexibility index (Phi) is 6.65. The molecule has 1 aromatic carbocycles. The van der Waals surface area contributed by atoms with Gasteiger partial charge in [-0.15, -0.1) is 0 Å². The molecule has 0 atom stereocenters. The summed E-state index contributed by atoms with van der Waals surface area (Å²) in [6.07, 6.45) is 0.717. The maximum atomic E-state index is 15.4. The maximum absolute atomic E-state index is 15.4. The monoisotopic (exact) mass is 368 g/mol. The third-order valence-corrected chi connectivity index (χ3v) is 4.56. The van der Waals surface area contributed by atoms with Crippen LogP contribution in [0.15, 0.2) is 18.2 Å². The molecule has 2 rings (SSSR count). The Bertz CT molecular complexity index is 622. The number of carbonyl (C=O) groups excluding carboxylic acids is 1. The molecule has 0 spiro atoms. The van der Waals surface area contributed by atoms with Gasteiger partial charge in [0.1, 0.15) is 17.2 Å². The van der Waals surface area contributed by atoms with Gasteiger partial charge in [0.05, 0.1) is 14.2 Å². The maximum Gasteiger partial charge on any atom is 0.317 e. The van der Waals surface area contributed by atoms with Crippen LogP contribution in [0.2, 0.25) is 0 Å². The van der Waals surface area contributed by atoms with E-state index in [9.17, 15) is 9.59 Å². The lowest BCUT2D eigenvalue weighted by Gasteiger charge is -2.36. The van der Waals surface area contributed by atoms with Gasteiger partial charge >= 0.3 is 12.0 Å². The second-order valence-corrected chi connectivity index (χ2v) is 6.28. The summed E-state index contributed by atoms with van der Waals surface area (Å²) >= 11 is 0. The molecule has 2 N–H and O–H groups in total. The Morgan fingerprint density at radius 3 is 2.27 bits per heavy atom. The standard InChI is InChI=1S/C18H25FN2O5/c1-25-14-10-13(11-15(12-14)26-2)18(19)5-8-21(9-6-18)17(24)20-7-3-4-16(22)23/h10-12H,3-9H2,1-2H3,(H,20,24)(H,22,23). The number of likely N-dealkylation sites (tertiary alicyclic amines) is 1. The van der Waals surface area contributed by atoms with Crippen LogP contribution < -0.4 is 14.8 Å². The zero-order chi connectivity index (χ0) is 19.2. The van der Waals surface area contributed by atoms with Crippen LogP contribution in [0.3, 0.4) is 0 Å². The van der Waals surface area contributed by atoms with E-state index in [4.69, 9.17) is 14.6 Å². The van der Waals surface area contributed by atoms with Crippen LogP contribution >= 0.6 is 0 Å². The Morgan fingerprint density at radius 2 is 1.77 bits per heavy atom. The van der Waals surface area contributed by atoms with Gasteiger partial charge in [0, 0.05) is 45.0 Å². The minimum atomic E-state index is -1.55. The van der Waals surface area contributed by atoms with Crippen molar-refractivity contribution in [3.8, 4) is 11.5 Å². The molecule has 7 nitrogen and oxygen atoms in total. The molecule has 0 unspecified atom stereocenters. The number of alkyl halides is 1. The van der Waals surface area contributed by atoms with Gasteiger partial charge < -0.3 is 24.8 Å². The lowest BCUT2D eigenvalue weighted by atomic mass is 9.86. The van der Waals surface area contributed by atoms with E-state index in [1.165, 1.54) is 14.2 Å². The van der Waals surface area contributed by atoms with Crippen LogP contribution in [0.5, 0.6) is 11.5 Å². The Hall–Kier alpha value is -2.51. The molecule has 1 aliphatic heterocycles. The number of halogens is 1. The summed E-state index contributed by atoms with van der Waals surface area (Å²) in [7, 11) is 3.03. The first-order valence-corrected chi connectivity index (χ1v) is 8.55. The van der Waals surface area contributed by atoms with E-state index >= 15 is 4.39 Å². The minimum absolute atomic E-state index is 0.00550. The SMILES string of the molecule is COc1cc(OC)cc(C2(F)CCN(C(=O)NCCCC(=O)O)CC2)c1. The normalized spacial score (nSPS) is 16.0. The van der Waals surface area contributed by atoms with E-state index < -0.39 is 11.6 Å². The van der Waals surface area contributed by atoms with Gasteiger partial charge in [0.25, 0.3) is 0 Å². The van der Waals surface area contributed by atoms with E-state index in [0.29, 0.717) is 23.5 Å². The third-order valence-electron chi connectivity index (χ3n) is 4.56. The second-order valence-electron chi connectivity index (χ2n) is 6.28. The summed E-state index contributed by atoms with van der Waals surface area (Å²) < 4.78 is 25.8. The average molecular weight is 368 g/mol. The summed E-state index contributed by atoms with van der Waals surface area (Å²) in [4.78, 5) is 24.1. The van der Waals surface area contributed by atoms with Crippen molar-refractivity contribution >= 4 is 12.0 Å². The number of carboxylic acid groups (broad SMARTS) is 1. The molecule has 0 saturated carbocycles. The molecule has 0 bridgehead atoms. The number of ether oxygens (including phenoxy) is 2.